The molecule has 1 aliphatic rings. The van der Waals surface area contributed by atoms with Crippen LogP contribution < -0.4 is 4.90 Å². The van der Waals surface area contributed by atoms with Gasteiger partial charge in [0.25, 0.3) is 0 Å². The Labute approximate surface area is 398 Å². The molecule has 2 heteroatoms. The molecule has 0 aliphatic heterocycles. The predicted molar refractivity (Wildman–Crippen MR) is 288 cm³/mol. The maximum atomic E-state index is 2.57. The average molecular weight is 869 g/mol. The molecule has 2 nitrogen and oxygen atoms in total. The quantitative estimate of drug-likeness (QED) is 0.133. The summed E-state index contributed by atoms with van der Waals surface area (Å²) in [6.45, 7) is 0. The van der Waals surface area contributed by atoms with Crippen molar-refractivity contribution in [3.63, 3.8) is 0 Å². The number of fused-ring (bicyclic) bond motifs is 3. The lowest BCUT2D eigenvalue weighted by molar-refractivity contribution is 0.576. The molecule has 322 valence electrons. The standard InChI is InChI=1S/C66H48N2/c1-5-15-47(16-6-1)52-29-37-58(38-30-52)67(59-39-31-53(32-40-59)48-17-7-2-8-18-48)60-41-33-54(34-42-60)51-25-27-55(28-26-51)61-23-13-14-24-64(61)68-65-43-35-56(49-19-9-3-10-20-49)45-62(65)63-46-57(36-44-66(63)68)50-21-11-4-12-22-50/h1-46,61,64H. The zero-order valence-corrected chi connectivity index (χ0v) is 37.6. The lowest BCUT2D eigenvalue weighted by atomic mass is 9.87. The van der Waals surface area contributed by atoms with E-state index in [1.165, 1.54) is 83.0 Å². The third-order valence-electron chi connectivity index (χ3n) is 13.6. The van der Waals surface area contributed by atoms with Crippen LogP contribution in [0, 0.1) is 0 Å². The van der Waals surface area contributed by atoms with Crippen molar-refractivity contribution in [2.24, 2.45) is 0 Å². The molecule has 68 heavy (non-hydrogen) atoms. The Morgan fingerprint density at radius 1 is 0.279 bits per heavy atom. The smallest absolute Gasteiger partial charge is 0.0629 e. The van der Waals surface area contributed by atoms with Crippen LogP contribution in [0.4, 0.5) is 17.1 Å². The molecule has 11 aromatic rings. The minimum Gasteiger partial charge on any atom is -0.332 e. The van der Waals surface area contributed by atoms with Crippen LogP contribution in [0.2, 0.25) is 0 Å². The van der Waals surface area contributed by atoms with Gasteiger partial charge in [-0.1, -0.05) is 218 Å². The first kappa shape index (κ1) is 40.8. The third kappa shape index (κ3) is 7.82. The van der Waals surface area contributed by atoms with E-state index in [1.54, 1.807) is 0 Å². The highest BCUT2D eigenvalue weighted by molar-refractivity contribution is 6.11. The van der Waals surface area contributed by atoms with Crippen LogP contribution in [-0.2, 0) is 0 Å². The van der Waals surface area contributed by atoms with Crippen LogP contribution >= 0.6 is 0 Å². The van der Waals surface area contributed by atoms with Crippen LogP contribution in [-0.4, -0.2) is 4.57 Å². The van der Waals surface area contributed by atoms with Gasteiger partial charge < -0.3 is 9.47 Å². The molecule has 0 saturated carbocycles. The minimum atomic E-state index is 0.0878. The van der Waals surface area contributed by atoms with Gasteiger partial charge in [-0.2, -0.15) is 0 Å². The van der Waals surface area contributed by atoms with Crippen LogP contribution in [0.5, 0.6) is 0 Å². The zero-order valence-electron chi connectivity index (χ0n) is 37.6. The largest absolute Gasteiger partial charge is 0.332 e. The van der Waals surface area contributed by atoms with E-state index >= 15 is 0 Å². The second-order valence-corrected chi connectivity index (χ2v) is 17.7. The summed E-state index contributed by atoms with van der Waals surface area (Å²) in [6.07, 6.45) is 9.17. The molecule has 2 atom stereocenters. The molecule has 1 aliphatic carbocycles. The van der Waals surface area contributed by atoms with Crippen LogP contribution in [0.3, 0.4) is 0 Å². The highest BCUT2D eigenvalue weighted by Gasteiger charge is 2.26. The van der Waals surface area contributed by atoms with Gasteiger partial charge >= 0.3 is 0 Å². The van der Waals surface area contributed by atoms with E-state index in [0.29, 0.717) is 0 Å². The molecule has 0 fully saturated rings. The van der Waals surface area contributed by atoms with Crippen molar-refractivity contribution < 1.29 is 0 Å². The second kappa shape index (κ2) is 17.9. The number of benzene rings is 10. The Balaban J connectivity index is 0.867. The van der Waals surface area contributed by atoms with Gasteiger partial charge in [0, 0.05) is 44.8 Å². The summed E-state index contributed by atoms with van der Waals surface area (Å²) in [6, 6.07) is 92.7. The van der Waals surface area contributed by atoms with Gasteiger partial charge in [-0.25, -0.2) is 0 Å². The van der Waals surface area contributed by atoms with E-state index in [1.807, 2.05) is 0 Å². The molecular weight excluding hydrogens is 821 g/mol. The number of rotatable bonds is 10. The molecule has 1 aromatic heterocycles. The molecule has 0 amide bonds. The lowest BCUT2D eigenvalue weighted by Gasteiger charge is -2.28. The Morgan fingerprint density at radius 3 is 0.971 bits per heavy atom. The molecule has 12 rings (SSSR count). The summed E-state index contributed by atoms with van der Waals surface area (Å²) in [5, 5.41) is 2.54. The monoisotopic (exact) mass is 868 g/mol. The zero-order chi connectivity index (χ0) is 45.2. The van der Waals surface area contributed by atoms with Crippen molar-refractivity contribution in [1.82, 2.24) is 4.57 Å². The fourth-order valence-electron chi connectivity index (χ4n) is 10.2. The van der Waals surface area contributed by atoms with Crippen molar-refractivity contribution >= 4 is 38.9 Å². The molecule has 1 heterocycles. The molecule has 0 saturated heterocycles. The number of allylic oxidation sites excluding steroid dienone is 4. The van der Waals surface area contributed by atoms with E-state index in [-0.39, 0.29) is 12.0 Å². The first-order valence-electron chi connectivity index (χ1n) is 23.6. The van der Waals surface area contributed by atoms with Gasteiger partial charge in [0.2, 0.25) is 0 Å². The van der Waals surface area contributed by atoms with Gasteiger partial charge in [-0.15, -0.1) is 0 Å². The Hall–Kier alpha value is -8.72. The summed E-state index contributed by atoms with van der Waals surface area (Å²) in [5.74, 6) is 0.146. The van der Waals surface area contributed by atoms with Gasteiger partial charge in [0.1, 0.15) is 0 Å². The van der Waals surface area contributed by atoms with Crippen molar-refractivity contribution in [3.05, 3.63) is 285 Å². The van der Waals surface area contributed by atoms with Crippen LogP contribution in [0.1, 0.15) is 17.5 Å². The second-order valence-electron chi connectivity index (χ2n) is 17.7. The summed E-state index contributed by atoms with van der Waals surface area (Å²) in [4.78, 5) is 2.35. The summed E-state index contributed by atoms with van der Waals surface area (Å²) < 4.78 is 2.57. The number of nitrogens with zero attached hydrogens (tertiary/aromatic N) is 2. The molecule has 0 radical (unpaired) electrons. The minimum absolute atomic E-state index is 0.0878. The Bertz CT molecular complexity index is 3370. The van der Waals surface area contributed by atoms with E-state index in [0.717, 1.165) is 17.1 Å². The van der Waals surface area contributed by atoms with Crippen molar-refractivity contribution in [2.45, 2.75) is 12.0 Å². The highest BCUT2D eigenvalue weighted by Crippen LogP contribution is 2.44. The normalized spacial score (nSPS) is 14.4. The Kier molecular flexibility index (Phi) is 10.7. The SMILES string of the molecule is C1=CC(c2ccc(-c3ccc(N(c4ccc(-c5ccccc5)cc4)c4ccc(-c5ccccc5)cc4)cc3)cc2)C(n2c3ccc(-c4ccccc4)cc3c3cc(-c4ccccc4)ccc32)C=C1. The molecule has 2 unspecified atom stereocenters. The van der Waals surface area contributed by atoms with Gasteiger partial charge in [-0.3, -0.25) is 0 Å². The highest BCUT2D eigenvalue weighted by atomic mass is 15.1. The van der Waals surface area contributed by atoms with E-state index in [4.69, 9.17) is 0 Å². The summed E-state index contributed by atoms with van der Waals surface area (Å²) in [7, 11) is 0. The fourth-order valence-corrected chi connectivity index (χ4v) is 10.2. The number of hydrogen-bond donors (Lipinski definition) is 0. The first-order chi connectivity index (χ1) is 33.7. The Morgan fingerprint density at radius 2 is 0.588 bits per heavy atom. The summed E-state index contributed by atoms with van der Waals surface area (Å²) >= 11 is 0. The third-order valence-corrected chi connectivity index (χ3v) is 13.6. The van der Waals surface area contributed by atoms with Gasteiger partial charge in [-0.05, 0) is 122 Å². The fraction of sp³-hybridized carbons (Fsp3) is 0.0303. The lowest BCUT2D eigenvalue weighted by Crippen LogP contribution is -2.16. The van der Waals surface area contributed by atoms with Gasteiger partial charge in [0.05, 0.1) is 6.04 Å². The van der Waals surface area contributed by atoms with Crippen molar-refractivity contribution in [2.75, 3.05) is 4.90 Å². The first-order valence-corrected chi connectivity index (χ1v) is 23.6. The van der Waals surface area contributed by atoms with Gasteiger partial charge in [0.15, 0.2) is 0 Å². The number of anilines is 3. The molecule has 10 aromatic carbocycles. The molecular formula is C66H48N2. The summed E-state index contributed by atoms with van der Waals surface area (Å²) in [5.41, 5.74) is 19.2. The van der Waals surface area contributed by atoms with Crippen molar-refractivity contribution in [3.8, 4) is 55.6 Å². The molecule has 0 bridgehead atoms. The number of aromatic nitrogens is 1. The van der Waals surface area contributed by atoms with E-state index < -0.39 is 0 Å². The maximum absolute atomic E-state index is 2.57. The predicted octanol–water partition coefficient (Wildman–Crippen LogP) is 18.1. The van der Waals surface area contributed by atoms with Crippen LogP contribution in [0.25, 0.3) is 77.4 Å². The van der Waals surface area contributed by atoms with Crippen molar-refractivity contribution in [1.29, 1.82) is 0 Å². The van der Waals surface area contributed by atoms with Crippen LogP contribution in [0.15, 0.2) is 279 Å². The van der Waals surface area contributed by atoms with E-state index in [2.05, 4.69) is 289 Å². The topological polar surface area (TPSA) is 8.17 Å². The molecule has 0 N–H and O–H groups in total. The molecule has 0 spiro atoms. The average Bonchev–Trinajstić information content (AvgIpc) is 3.75. The van der Waals surface area contributed by atoms with E-state index in [9.17, 15) is 0 Å². The number of hydrogen-bond acceptors (Lipinski definition) is 1. The maximum Gasteiger partial charge on any atom is 0.0629 e.